The zero-order valence-electron chi connectivity index (χ0n) is 18.9. The highest BCUT2D eigenvalue weighted by Crippen LogP contribution is 2.46. The molecule has 4 nitrogen and oxygen atoms in total. The van der Waals surface area contributed by atoms with Gasteiger partial charge < -0.3 is 9.84 Å². The Morgan fingerprint density at radius 2 is 1.47 bits per heavy atom. The lowest BCUT2D eigenvalue weighted by Crippen LogP contribution is -2.31. The molecule has 30 heavy (non-hydrogen) atoms. The van der Waals surface area contributed by atoms with Crippen molar-refractivity contribution in [1.29, 1.82) is 0 Å². The molecule has 0 radical (unpaired) electrons. The first-order chi connectivity index (χ1) is 14.1. The molecule has 4 aliphatic rings. The van der Waals surface area contributed by atoms with Crippen molar-refractivity contribution >= 4 is 11.6 Å². The van der Waals surface area contributed by atoms with E-state index in [0.717, 1.165) is 37.7 Å². The summed E-state index contributed by atoms with van der Waals surface area (Å²) in [5.41, 5.74) is 3.68. The molecule has 0 saturated heterocycles. The number of ether oxygens (including phenoxy) is 1. The standard InChI is InChI=1S/C26H34O4/c1-16-8-6-10-17(2)12-14-19-22(27)24(29)21-20(15-13-18(3)11-7-9-16)26(4,5)30-25(21)23(19)28/h8,11-12,20,27H,6-7,9-10,13-15H2,1-5H3/b16-8-,17-12-,18-11-/t20-/m1/s1. The average molecular weight is 411 g/mol. The smallest absolute Gasteiger partial charge is 0.228 e. The van der Waals surface area contributed by atoms with E-state index in [9.17, 15) is 14.7 Å². The SMILES string of the molecule is C/C1=C/CC/C(C)=C\CC2=C(O)C(=O)C3=C(OC(C)(C)[C@@H]3CC/C(C)=C\CC1)C2=O. The van der Waals surface area contributed by atoms with Crippen LogP contribution in [0.25, 0.3) is 0 Å². The third kappa shape index (κ3) is 4.53. The molecule has 162 valence electrons. The number of aliphatic hydroxyl groups is 1. The summed E-state index contributed by atoms with van der Waals surface area (Å²) in [7, 11) is 0. The quantitative estimate of drug-likeness (QED) is 0.381. The van der Waals surface area contributed by atoms with Gasteiger partial charge in [-0.25, -0.2) is 0 Å². The first-order valence-corrected chi connectivity index (χ1v) is 11.0. The van der Waals surface area contributed by atoms with Gasteiger partial charge in [-0.1, -0.05) is 34.9 Å². The molecule has 4 bridgehead atoms. The van der Waals surface area contributed by atoms with Crippen molar-refractivity contribution in [3.05, 3.63) is 57.6 Å². The van der Waals surface area contributed by atoms with Gasteiger partial charge in [0.2, 0.25) is 11.6 Å². The average Bonchev–Trinajstić information content (AvgIpc) is 2.94. The molecular formula is C26H34O4. The second-order valence-electron chi connectivity index (χ2n) is 9.46. The Morgan fingerprint density at radius 3 is 2.10 bits per heavy atom. The molecular weight excluding hydrogens is 376 g/mol. The van der Waals surface area contributed by atoms with Crippen LogP contribution in [0.4, 0.5) is 0 Å². The number of aliphatic hydroxyl groups excluding tert-OH is 1. The van der Waals surface area contributed by atoms with Crippen molar-refractivity contribution in [2.24, 2.45) is 5.92 Å². The maximum absolute atomic E-state index is 13.1. The predicted molar refractivity (Wildman–Crippen MR) is 119 cm³/mol. The first kappa shape index (κ1) is 22.3. The second-order valence-corrected chi connectivity index (χ2v) is 9.46. The summed E-state index contributed by atoms with van der Waals surface area (Å²) in [6.45, 7) is 10.2. The number of fused-ring (bicyclic) bond motifs is 10. The maximum atomic E-state index is 13.1. The monoisotopic (exact) mass is 410 g/mol. The van der Waals surface area contributed by atoms with Gasteiger partial charge in [0, 0.05) is 5.92 Å². The molecule has 3 aliphatic carbocycles. The Balaban J connectivity index is 1.98. The molecule has 0 amide bonds. The van der Waals surface area contributed by atoms with Crippen LogP contribution in [-0.4, -0.2) is 22.3 Å². The topological polar surface area (TPSA) is 63.6 Å². The van der Waals surface area contributed by atoms with Crippen LogP contribution in [0.3, 0.4) is 0 Å². The molecule has 0 aromatic rings. The van der Waals surface area contributed by atoms with Gasteiger partial charge in [-0.3, -0.25) is 9.59 Å². The first-order valence-electron chi connectivity index (χ1n) is 11.0. The van der Waals surface area contributed by atoms with Crippen LogP contribution >= 0.6 is 0 Å². The number of carbonyl (C=O) groups excluding carboxylic acids is 2. The number of carbonyl (C=O) groups is 2. The highest BCUT2D eigenvalue weighted by Gasteiger charge is 2.51. The summed E-state index contributed by atoms with van der Waals surface area (Å²) >= 11 is 0. The predicted octanol–water partition coefficient (Wildman–Crippen LogP) is 6.21. The van der Waals surface area contributed by atoms with Gasteiger partial charge in [0.25, 0.3) is 0 Å². The highest BCUT2D eigenvalue weighted by atomic mass is 16.5. The molecule has 1 N–H and O–H groups in total. The van der Waals surface area contributed by atoms with Crippen molar-refractivity contribution in [1.82, 2.24) is 0 Å². The third-order valence-electron chi connectivity index (χ3n) is 6.57. The maximum Gasteiger partial charge on any atom is 0.228 e. The van der Waals surface area contributed by atoms with E-state index in [-0.39, 0.29) is 29.5 Å². The summed E-state index contributed by atoms with van der Waals surface area (Å²) in [6.07, 6.45) is 12.2. The van der Waals surface area contributed by atoms with Gasteiger partial charge in [0.15, 0.2) is 11.5 Å². The number of hydrogen-bond donors (Lipinski definition) is 1. The normalized spacial score (nSPS) is 31.2. The van der Waals surface area contributed by atoms with E-state index in [1.807, 2.05) is 26.8 Å². The fourth-order valence-corrected chi connectivity index (χ4v) is 4.56. The van der Waals surface area contributed by atoms with E-state index >= 15 is 0 Å². The molecule has 0 aromatic carbocycles. The number of allylic oxidation sites excluding steroid dienone is 8. The summed E-state index contributed by atoms with van der Waals surface area (Å²) in [6, 6.07) is 0. The summed E-state index contributed by atoms with van der Waals surface area (Å²) in [4.78, 5) is 26.2. The minimum Gasteiger partial charge on any atom is -0.504 e. The molecule has 4 rings (SSSR count). The molecule has 1 heterocycles. The van der Waals surface area contributed by atoms with Crippen LogP contribution < -0.4 is 0 Å². The molecule has 1 atom stereocenters. The van der Waals surface area contributed by atoms with Crippen molar-refractivity contribution in [2.75, 3.05) is 0 Å². The van der Waals surface area contributed by atoms with Gasteiger partial charge in [-0.15, -0.1) is 0 Å². The number of rotatable bonds is 0. The van der Waals surface area contributed by atoms with E-state index in [0.29, 0.717) is 12.0 Å². The van der Waals surface area contributed by atoms with Crippen molar-refractivity contribution < 1.29 is 19.4 Å². The van der Waals surface area contributed by atoms with E-state index in [1.165, 1.54) is 11.1 Å². The van der Waals surface area contributed by atoms with Gasteiger partial charge >= 0.3 is 0 Å². The summed E-state index contributed by atoms with van der Waals surface area (Å²) < 4.78 is 6.03. The second kappa shape index (κ2) is 8.79. The van der Waals surface area contributed by atoms with Gasteiger partial charge in [0.1, 0.15) is 5.60 Å². The van der Waals surface area contributed by atoms with Gasteiger partial charge in [-0.05, 0) is 79.6 Å². The zero-order valence-corrected chi connectivity index (χ0v) is 18.9. The summed E-state index contributed by atoms with van der Waals surface area (Å²) in [5, 5.41) is 10.6. The van der Waals surface area contributed by atoms with E-state index < -0.39 is 17.1 Å². The fourth-order valence-electron chi connectivity index (χ4n) is 4.56. The lowest BCUT2D eigenvalue weighted by atomic mass is 9.77. The van der Waals surface area contributed by atoms with Crippen molar-refractivity contribution in [3.63, 3.8) is 0 Å². The van der Waals surface area contributed by atoms with Crippen LogP contribution in [0, 0.1) is 5.92 Å². The van der Waals surface area contributed by atoms with Crippen molar-refractivity contribution in [2.45, 2.75) is 85.2 Å². The third-order valence-corrected chi connectivity index (χ3v) is 6.57. The van der Waals surface area contributed by atoms with Crippen LogP contribution in [0.2, 0.25) is 0 Å². The van der Waals surface area contributed by atoms with E-state index in [1.54, 1.807) is 0 Å². The highest BCUT2D eigenvalue weighted by molar-refractivity contribution is 6.24. The molecule has 4 heteroatoms. The van der Waals surface area contributed by atoms with Gasteiger partial charge in [-0.2, -0.15) is 0 Å². The van der Waals surface area contributed by atoms with E-state index in [4.69, 9.17) is 4.74 Å². The Kier molecular flexibility index (Phi) is 6.54. The van der Waals surface area contributed by atoms with Crippen LogP contribution in [0.15, 0.2) is 57.6 Å². The molecule has 0 unspecified atom stereocenters. The summed E-state index contributed by atoms with van der Waals surface area (Å²) in [5.74, 6) is -1.25. The van der Waals surface area contributed by atoms with Gasteiger partial charge in [0.05, 0.1) is 11.1 Å². The Hall–Kier alpha value is -2.36. The Labute approximate surface area is 180 Å². The minimum absolute atomic E-state index is 0.148. The number of ketones is 2. The van der Waals surface area contributed by atoms with Crippen molar-refractivity contribution in [3.8, 4) is 0 Å². The Bertz CT molecular complexity index is 905. The van der Waals surface area contributed by atoms with Crippen LogP contribution in [0.1, 0.15) is 79.6 Å². The largest absolute Gasteiger partial charge is 0.504 e. The molecule has 1 aliphatic heterocycles. The molecule has 0 aromatic heterocycles. The lowest BCUT2D eigenvalue weighted by Gasteiger charge is -2.27. The lowest BCUT2D eigenvalue weighted by molar-refractivity contribution is -0.120. The Morgan fingerprint density at radius 1 is 0.900 bits per heavy atom. The molecule has 0 spiro atoms. The molecule has 0 saturated carbocycles. The fraction of sp³-hybridized carbons (Fsp3) is 0.538. The van der Waals surface area contributed by atoms with E-state index in [2.05, 4.69) is 26.0 Å². The zero-order chi connectivity index (χ0) is 22.1. The van der Waals surface area contributed by atoms with Crippen LogP contribution in [-0.2, 0) is 14.3 Å². The van der Waals surface area contributed by atoms with Crippen LogP contribution in [0.5, 0.6) is 0 Å². The molecule has 0 fully saturated rings. The number of Topliss-reactive ketones (excluding diaryl/α,β-unsaturated/α-hetero) is 2. The minimum atomic E-state index is -0.653. The number of hydrogen-bond acceptors (Lipinski definition) is 4.